The summed E-state index contributed by atoms with van der Waals surface area (Å²) in [4.78, 5) is 28.5. The van der Waals surface area contributed by atoms with Crippen LogP contribution < -0.4 is 10.2 Å². The summed E-state index contributed by atoms with van der Waals surface area (Å²) in [5.74, 6) is -1.16. The molecule has 0 spiro atoms. The van der Waals surface area contributed by atoms with Gasteiger partial charge in [-0.2, -0.15) is 0 Å². The number of carbonyl (C=O) groups excluding carboxylic acids is 1. The third-order valence-electron chi connectivity index (χ3n) is 3.07. The zero-order chi connectivity index (χ0) is 15.1. The second-order valence-electron chi connectivity index (χ2n) is 4.54. The van der Waals surface area contributed by atoms with Crippen molar-refractivity contribution in [2.75, 3.05) is 18.0 Å². The molecule has 1 unspecified atom stereocenters. The number of hydrogen-bond acceptors (Lipinski definition) is 4. The maximum absolute atomic E-state index is 11.8. The molecule has 6 heteroatoms. The van der Waals surface area contributed by atoms with Gasteiger partial charge in [0.25, 0.3) is 5.91 Å². The molecule has 1 aromatic rings. The predicted molar refractivity (Wildman–Crippen MR) is 77.0 cm³/mol. The number of carboxylic acid groups (broad SMARTS) is 1. The number of nitrogens with one attached hydrogen (secondary N) is 1. The van der Waals surface area contributed by atoms with Crippen LogP contribution in [0, 0.1) is 0 Å². The Morgan fingerprint density at radius 1 is 1.45 bits per heavy atom. The molecule has 1 rings (SSSR count). The molecule has 0 saturated carbocycles. The van der Waals surface area contributed by atoms with Gasteiger partial charge in [0.1, 0.15) is 12.2 Å². The molecule has 6 nitrogen and oxygen atoms in total. The number of aliphatic carboxylic acids is 1. The van der Waals surface area contributed by atoms with Crippen molar-refractivity contribution in [2.45, 2.75) is 33.2 Å². The summed E-state index contributed by atoms with van der Waals surface area (Å²) in [6.07, 6.45) is 2.34. The van der Waals surface area contributed by atoms with E-state index in [9.17, 15) is 9.59 Å². The van der Waals surface area contributed by atoms with Gasteiger partial charge >= 0.3 is 5.97 Å². The Morgan fingerprint density at radius 3 is 2.70 bits per heavy atom. The van der Waals surface area contributed by atoms with Crippen molar-refractivity contribution in [1.82, 2.24) is 10.3 Å². The lowest BCUT2D eigenvalue weighted by atomic mass is 10.2. The summed E-state index contributed by atoms with van der Waals surface area (Å²) in [7, 11) is 0. The van der Waals surface area contributed by atoms with E-state index in [1.54, 1.807) is 17.0 Å². The highest BCUT2D eigenvalue weighted by molar-refractivity contribution is 5.93. The molecular formula is C14H21N3O3. The highest BCUT2D eigenvalue weighted by atomic mass is 16.4. The van der Waals surface area contributed by atoms with Gasteiger partial charge in [-0.3, -0.25) is 14.6 Å². The summed E-state index contributed by atoms with van der Waals surface area (Å²) in [6, 6.07) is 3.41. The topological polar surface area (TPSA) is 82.5 Å². The van der Waals surface area contributed by atoms with E-state index < -0.39 is 5.97 Å². The second kappa shape index (κ2) is 7.47. The minimum absolute atomic E-state index is 0.0654. The molecule has 1 aromatic heterocycles. The Labute approximate surface area is 118 Å². The Kier molecular flexibility index (Phi) is 5.96. The molecule has 20 heavy (non-hydrogen) atoms. The van der Waals surface area contributed by atoms with Gasteiger partial charge in [-0.05, 0) is 32.4 Å². The molecule has 1 atom stereocenters. The average molecular weight is 279 g/mol. The fourth-order valence-corrected chi connectivity index (χ4v) is 1.84. The van der Waals surface area contributed by atoms with Gasteiger partial charge in [0, 0.05) is 24.5 Å². The van der Waals surface area contributed by atoms with Crippen molar-refractivity contribution in [2.24, 2.45) is 0 Å². The van der Waals surface area contributed by atoms with Crippen molar-refractivity contribution in [3.05, 3.63) is 24.0 Å². The summed E-state index contributed by atoms with van der Waals surface area (Å²) < 4.78 is 0. The van der Waals surface area contributed by atoms with E-state index in [0.29, 0.717) is 17.9 Å². The first-order valence-electron chi connectivity index (χ1n) is 6.72. The van der Waals surface area contributed by atoms with Gasteiger partial charge in [-0.1, -0.05) is 6.92 Å². The number of hydrogen-bond donors (Lipinski definition) is 2. The average Bonchev–Trinajstić information content (AvgIpc) is 2.44. The Hall–Kier alpha value is -2.11. The first kappa shape index (κ1) is 15.9. The first-order valence-corrected chi connectivity index (χ1v) is 6.72. The lowest BCUT2D eigenvalue weighted by Crippen LogP contribution is -2.37. The zero-order valence-corrected chi connectivity index (χ0v) is 12.1. The number of carboxylic acids is 1. The van der Waals surface area contributed by atoms with Crippen molar-refractivity contribution in [1.29, 1.82) is 0 Å². The van der Waals surface area contributed by atoms with Crippen molar-refractivity contribution in [3.8, 4) is 0 Å². The smallest absolute Gasteiger partial charge is 0.323 e. The number of carbonyl (C=O) groups is 2. The van der Waals surface area contributed by atoms with Crippen molar-refractivity contribution < 1.29 is 14.7 Å². The number of rotatable bonds is 7. The van der Waals surface area contributed by atoms with Crippen LogP contribution in [0.4, 0.5) is 5.69 Å². The van der Waals surface area contributed by atoms with Crippen molar-refractivity contribution >= 4 is 17.6 Å². The van der Waals surface area contributed by atoms with Crippen LogP contribution in [0.5, 0.6) is 0 Å². The van der Waals surface area contributed by atoms with Crippen LogP contribution in [0.2, 0.25) is 0 Å². The molecule has 0 bridgehead atoms. The zero-order valence-electron chi connectivity index (χ0n) is 12.1. The van der Waals surface area contributed by atoms with Gasteiger partial charge in [0.2, 0.25) is 0 Å². The molecule has 0 saturated heterocycles. The number of aromatic nitrogens is 1. The minimum Gasteiger partial charge on any atom is -0.480 e. The minimum atomic E-state index is -0.901. The van der Waals surface area contributed by atoms with Crippen LogP contribution in [0.3, 0.4) is 0 Å². The van der Waals surface area contributed by atoms with E-state index >= 15 is 0 Å². The molecule has 0 fully saturated rings. The monoisotopic (exact) mass is 279 g/mol. The molecule has 0 aromatic carbocycles. The third kappa shape index (κ3) is 4.22. The van der Waals surface area contributed by atoms with E-state index in [4.69, 9.17) is 5.11 Å². The fraction of sp³-hybridized carbons (Fsp3) is 0.500. The molecule has 0 aliphatic carbocycles. The highest BCUT2D eigenvalue weighted by Crippen LogP contribution is 2.18. The van der Waals surface area contributed by atoms with E-state index in [0.717, 1.165) is 6.42 Å². The van der Waals surface area contributed by atoms with Gasteiger partial charge in [0.05, 0.1) is 0 Å². The summed E-state index contributed by atoms with van der Waals surface area (Å²) in [6.45, 7) is 6.20. The van der Waals surface area contributed by atoms with Gasteiger partial charge < -0.3 is 15.3 Å². The lowest BCUT2D eigenvalue weighted by Gasteiger charge is -2.29. The van der Waals surface area contributed by atoms with E-state index in [-0.39, 0.29) is 18.5 Å². The number of amides is 1. The largest absolute Gasteiger partial charge is 0.480 e. The Morgan fingerprint density at radius 2 is 2.15 bits per heavy atom. The molecule has 1 heterocycles. The second-order valence-corrected chi connectivity index (χ2v) is 4.54. The molecule has 0 aliphatic heterocycles. The van der Waals surface area contributed by atoms with Gasteiger partial charge in [0.15, 0.2) is 0 Å². The van der Waals surface area contributed by atoms with Crippen LogP contribution in [0.1, 0.15) is 37.7 Å². The van der Waals surface area contributed by atoms with Crippen molar-refractivity contribution in [3.63, 3.8) is 0 Å². The molecular weight excluding hydrogens is 258 g/mol. The third-order valence-corrected chi connectivity index (χ3v) is 3.07. The fourth-order valence-electron chi connectivity index (χ4n) is 1.84. The molecule has 1 amide bonds. The lowest BCUT2D eigenvalue weighted by molar-refractivity contribution is -0.135. The van der Waals surface area contributed by atoms with E-state index in [2.05, 4.69) is 10.3 Å². The van der Waals surface area contributed by atoms with Crippen LogP contribution in [0.15, 0.2) is 18.3 Å². The molecule has 2 N–H and O–H groups in total. The Balaban J connectivity index is 3.04. The quantitative estimate of drug-likeness (QED) is 0.790. The first-order chi connectivity index (χ1) is 9.49. The number of nitrogens with zero attached hydrogens (tertiary/aromatic N) is 2. The molecule has 0 radical (unpaired) electrons. The van der Waals surface area contributed by atoms with Crippen LogP contribution in [-0.4, -0.2) is 41.1 Å². The summed E-state index contributed by atoms with van der Waals surface area (Å²) in [5.41, 5.74) is 0.987. The van der Waals surface area contributed by atoms with Gasteiger partial charge in [-0.15, -0.1) is 0 Å². The predicted octanol–water partition coefficient (Wildman–Crippen LogP) is 1.52. The number of anilines is 1. The maximum Gasteiger partial charge on any atom is 0.323 e. The standard InChI is InChI=1S/C14H21N3O3/c1-4-10(3)17(9-13(18)19)11-6-7-16-12(8-11)14(20)15-5-2/h6-8,10H,4-5,9H2,1-3H3,(H,15,20)(H,18,19). The molecule has 0 aliphatic rings. The van der Waals surface area contributed by atoms with Gasteiger partial charge in [-0.25, -0.2) is 0 Å². The summed E-state index contributed by atoms with van der Waals surface area (Å²) in [5, 5.41) is 11.7. The number of pyridine rings is 1. The SMILES string of the molecule is CCNC(=O)c1cc(N(CC(=O)O)C(C)CC)ccn1. The van der Waals surface area contributed by atoms with E-state index in [1.165, 1.54) is 6.20 Å². The summed E-state index contributed by atoms with van der Waals surface area (Å²) >= 11 is 0. The Bertz CT molecular complexity index is 476. The normalized spacial score (nSPS) is 11.8. The maximum atomic E-state index is 11.8. The molecule has 110 valence electrons. The van der Waals surface area contributed by atoms with E-state index in [1.807, 2.05) is 20.8 Å². The highest BCUT2D eigenvalue weighted by Gasteiger charge is 2.18. The van der Waals surface area contributed by atoms with Crippen LogP contribution >= 0.6 is 0 Å². The van der Waals surface area contributed by atoms with Crippen LogP contribution in [-0.2, 0) is 4.79 Å². The van der Waals surface area contributed by atoms with Crippen LogP contribution in [0.25, 0.3) is 0 Å².